The minimum atomic E-state index is -0.476. The lowest BCUT2D eigenvalue weighted by Gasteiger charge is -2.21. The molecule has 104 valence electrons. The fourth-order valence-corrected chi connectivity index (χ4v) is 1.99. The van der Waals surface area contributed by atoms with Crippen molar-refractivity contribution in [2.45, 2.75) is 64.9 Å². The molecule has 0 aromatic carbocycles. The maximum absolute atomic E-state index is 11.5. The minimum absolute atomic E-state index is 0.00899. The monoisotopic (exact) mass is 256 g/mol. The largest absolute Gasteiger partial charge is 0.465 e. The molecule has 1 saturated carbocycles. The van der Waals surface area contributed by atoms with Gasteiger partial charge in [0.2, 0.25) is 0 Å². The van der Waals surface area contributed by atoms with Gasteiger partial charge in [0.05, 0.1) is 6.61 Å². The molecule has 4 nitrogen and oxygen atoms in total. The summed E-state index contributed by atoms with van der Waals surface area (Å²) in [7, 11) is 0. The van der Waals surface area contributed by atoms with Crippen molar-refractivity contribution in [2.75, 3.05) is 6.61 Å². The third kappa shape index (κ3) is 6.62. The molecule has 0 unspecified atom stereocenters. The second-order valence-electron chi connectivity index (χ2n) is 5.33. The van der Waals surface area contributed by atoms with E-state index in [1.54, 1.807) is 0 Å². The Hall–Kier alpha value is -1.06. The van der Waals surface area contributed by atoms with Gasteiger partial charge in [0.15, 0.2) is 0 Å². The van der Waals surface area contributed by atoms with Crippen molar-refractivity contribution in [3.8, 4) is 0 Å². The van der Waals surface area contributed by atoms with Gasteiger partial charge >= 0.3 is 11.9 Å². The number of carbonyl (C=O) groups excluding carboxylic acids is 2. The number of ether oxygens (including phenoxy) is 2. The molecule has 0 bridgehead atoms. The van der Waals surface area contributed by atoms with Crippen LogP contribution < -0.4 is 0 Å². The van der Waals surface area contributed by atoms with E-state index in [9.17, 15) is 9.59 Å². The van der Waals surface area contributed by atoms with Gasteiger partial charge in [0.25, 0.3) is 0 Å². The van der Waals surface area contributed by atoms with Crippen molar-refractivity contribution in [3.05, 3.63) is 0 Å². The van der Waals surface area contributed by atoms with E-state index < -0.39 is 11.9 Å². The van der Waals surface area contributed by atoms with E-state index in [1.807, 2.05) is 0 Å². The second-order valence-corrected chi connectivity index (χ2v) is 5.33. The van der Waals surface area contributed by atoms with Crippen LogP contribution in [0.15, 0.2) is 0 Å². The van der Waals surface area contributed by atoms with Gasteiger partial charge in [0, 0.05) is 0 Å². The summed E-state index contributed by atoms with van der Waals surface area (Å²) in [5, 5.41) is 0. The average molecular weight is 256 g/mol. The van der Waals surface area contributed by atoms with E-state index in [-0.39, 0.29) is 12.5 Å². The Labute approximate surface area is 109 Å². The molecule has 0 N–H and O–H groups in total. The van der Waals surface area contributed by atoms with Crippen molar-refractivity contribution >= 4 is 11.9 Å². The van der Waals surface area contributed by atoms with Crippen LogP contribution in [0, 0.1) is 5.92 Å². The third-order valence-corrected chi connectivity index (χ3v) is 3.10. The van der Waals surface area contributed by atoms with Crippen LogP contribution in [0.5, 0.6) is 0 Å². The molecule has 0 aliphatic heterocycles. The van der Waals surface area contributed by atoms with Gasteiger partial charge in [-0.25, -0.2) is 0 Å². The van der Waals surface area contributed by atoms with Crippen molar-refractivity contribution in [3.63, 3.8) is 0 Å². The molecule has 1 aliphatic carbocycles. The predicted octanol–water partition coefficient (Wildman–Crippen LogP) is 2.84. The molecule has 4 heteroatoms. The molecule has 1 rings (SSSR count). The van der Waals surface area contributed by atoms with Gasteiger partial charge in [-0.2, -0.15) is 0 Å². The molecular weight excluding hydrogens is 232 g/mol. The summed E-state index contributed by atoms with van der Waals surface area (Å²) in [6, 6.07) is 0. The Morgan fingerprint density at radius 2 is 1.78 bits per heavy atom. The summed E-state index contributed by atoms with van der Waals surface area (Å²) < 4.78 is 10.2. The van der Waals surface area contributed by atoms with Gasteiger partial charge in [0.1, 0.15) is 12.5 Å². The van der Waals surface area contributed by atoms with Gasteiger partial charge < -0.3 is 9.47 Å². The number of rotatable bonds is 6. The lowest BCUT2D eigenvalue weighted by atomic mass is 9.98. The molecule has 1 aliphatic rings. The molecule has 1 fully saturated rings. The zero-order valence-electron chi connectivity index (χ0n) is 11.4. The summed E-state index contributed by atoms with van der Waals surface area (Å²) in [6.07, 6.45) is 5.86. The topological polar surface area (TPSA) is 52.6 Å². The first-order chi connectivity index (χ1) is 8.58. The van der Waals surface area contributed by atoms with E-state index in [4.69, 9.17) is 9.47 Å². The zero-order chi connectivity index (χ0) is 13.4. The van der Waals surface area contributed by atoms with E-state index in [1.165, 1.54) is 6.42 Å². The van der Waals surface area contributed by atoms with Crippen LogP contribution >= 0.6 is 0 Å². The number of esters is 2. The molecule has 0 saturated heterocycles. The Morgan fingerprint density at radius 1 is 1.11 bits per heavy atom. The molecule has 0 aromatic rings. The van der Waals surface area contributed by atoms with Crippen molar-refractivity contribution in [1.29, 1.82) is 0 Å². The van der Waals surface area contributed by atoms with Crippen LogP contribution in [0.25, 0.3) is 0 Å². The lowest BCUT2D eigenvalue weighted by molar-refractivity contribution is -0.158. The summed E-state index contributed by atoms with van der Waals surface area (Å²) in [6.45, 7) is 4.50. The summed E-state index contributed by atoms with van der Waals surface area (Å²) in [5.41, 5.74) is 0. The fraction of sp³-hybridized carbons (Fsp3) is 0.857. The van der Waals surface area contributed by atoms with Crippen LogP contribution in [-0.4, -0.2) is 24.6 Å². The molecule has 0 spiro atoms. The SMILES string of the molecule is CC(C)CCOC(=O)CC(=O)OC1CCCCC1. The highest BCUT2D eigenvalue weighted by Crippen LogP contribution is 2.20. The van der Waals surface area contributed by atoms with Crippen molar-refractivity contribution < 1.29 is 19.1 Å². The maximum atomic E-state index is 11.5. The van der Waals surface area contributed by atoms with Gasteiger partial charge in [-0.1, -0.05) is 20.3 Å². The fourth-order valence-electron chi connectivity index (χ4n) is 1.99. The normalized spacial score (nSPS) is 16.6. The number of carbonyl (C=O) groups is 2. The highest BCUT2D eigenvalue weighted by atomic mass is 16.6. The van der Waals surface area contributed by atoms with Crippen molar-refractivity contribution in [1.82, 2.24) is 0 Å². The lowest BCUT2D eigenvalue weighted by Crippen LogP contribution is -2.23. The molecule has 0 heterocycles. The van der Waals surface area contributed by atoms with Crippen LogP contribution in [0.4, 0.5) is 0 Å². The standard InChI is InChI=1S/C14H24O4/c1-11(2)8-9-17-13(15)10-14(16)18-12-6-4-3-5-7-12/h11-12H,3-10H2,1-2H3. The van der Waals surface area contributed by atoms with Crippen molar-refractivity contribution in [2.24, 2.45) is 5.92 Å². The van der Waals surface area contributed by atoms with Gasteiger partial charge in [-0.3, -0.25) is 9.59 Å². The molecular formula is C14H24O4. The summed E-state index contributed by atoms with van der Waals surface area (Å²) in [5.74, 6) is -0.431. The van der Waals surface area contributed by atoms with Gasteiger partial charge in [-0.05, 0) is 38.0 Å². The maximum Gasteiger partial charge on any atom is 0.317 e. The van der Waals surface area contributed by atoms with E-state index in [2.05, 4.69) is 13.8 Å². The first-order valence-electron chi connectivity index (χ1n) is 6.93. The Morgan fingerprint density at radius 3 is 2.39 bits per heavy atom. The first-order valence-corrected chi connectivity index (χ1v) is 6.93. The number of hydrogen-bond acceptors (Lipinski definition) is 4. The highest BCUT2D eigenvalue weighted by Gasteiger charge is 2.20. The van der Waals surface area contributed by atoms with Gasteiger partial charge in [-0.15, -0.1) is 0 Å². The zero-order valence-corrected chi connectivity index (χ0v) is 11.4. The van der Waals surface area contributed by atoms with Crippen LogP contribution in [0.3, 0.4) is 0 Å². The molecule has 0 aromatic heterocycles. The molecule has 0 atom stereocenters. The van der Waals surface area contributed by atoms with Crippen LogP contribution in [0.1, 0.15) is 58.8 Å². The van der Waals surface area contributed by atoms with E-state index in [0.29, 0.717) is 12.5 Å². The van der Waals surface area contributed by atoms with E-state index in [0.717, 1.165) is 32.1 Å². The predicted molar refractivity (Wildman–Crippen MR) is 68.0 cm³/mol. The average Bonchev–Trinajstić information content (AvgIpc) is 2.29. The Kier molecular flexibility index (Phi) is 6.76. The van der Waals surface area contributed by atoms with Crippen LogP contribution in [0.2, 0.25) is 0 Å². The van der Waals surface area contributed by atoms with Crippen LogP contribution in [-0.2, 0) is 19.1 Å². The quantitative estimate of drug-likeness (QED) is 0.541. The minimum Gasteiger partial charge on any atom is -0.465 e. The first kappa shape index (κ1) is 15.0. The summed E-state index contributed by atoms with van der Waals surface area (Å²) >= 11 is 0. The highest BCUT2D eigenvalue weighted by molar-refractivity contribution is 5.91. The Balaban J connectivity index is 2.12. The molecule has 18 heavy (non-hydrogen) atoms. The molecule has 0 amide bonds. The molecule has 0 radical (unpaired) electrons. The Bertz CT molecular complexity index is 267. The smallest absolute Gasteiger partial charge is 0.317 e. The number of hydrogen-bond donors (Lipinski definition) is 0. The summed E-state index contributed by atoms with van der Waals surface area (Å²) in [4.78, 5) is 22.8. The second kappa shape index (κ2) is 8.11. The third-order valence-electron chi connectivity index (χ3n) is 3.10. The van der Waals surface area contributed by atoms with E-state index >= 15 is 0 Å².